The van der Waals surface area contributed by atoms with E-state index >= 15 is 0 Å². The Morgan fingerprint density at radius 2 is 2.18 bits per heavy atom. The Labute approximate surface area is 101 Å². The first-order valence-electron chi connectivity index (χ1n) is 6.02. The van der Waals surface area contributed by atoms with Gasteiger partial charge in [0, 0.05) is 41.8 Å². The molecule has 1 aromatic heterocycles. The largest absolute Gasteiger partial charge is 0.398 e. The second-order valence-electron chi connectivity index (χ2n) is 4.91. The molecular formula is C14H17N3. The number of nitrogens with two attached hydrogens (primary N) is 1. The molecule has 1 aromatic carbocycles. The summed E-state index contributed by atoms with van der Waals surface area (Å²) in [5.41, 5.74) is 11.9. The Bertz CT molecular complexity index is 590. The zero-order chi connectivity index (χ0) is 12.0. The van der Waals surface area contributed by atoms with Crippen LogP contribution < -0.4 is 5.73 Å². The van der Waals surface area contributed by atoms with Gasteiger partial charge in [-0.1, -0.05) is 12.1 Å². The molecule has 0 unspecified atom stereocenters. The highest BCUT2D eigenvalue weighted by atomic mass is 15.1. The number of aromatic nitrogens is 1. The number of anilines is 1. The lowest BCUT2D eigenvalue weighted by Gasteiger charge is -2.26. The molecule has 17 heavy (non-hydrogen) atoms. The number of nitrogen functional groups attached to an aromatic ring is 1. The molecule has 3 heteroatoms. The van der Waals surface area contributed by atoms with Gasteiger partial charge in [-0.25, -0.2) is 0 Å². The van der Waals surface area contributed by atoms with Crippen molar-refractivity contribution >= 4 is 16.6 Å². The minimum atomic E-state index is 0.915. The zero-order valence-corrected chi connectivity index (χ0v) is 10.3. The number of rotatable bonds is 0. The van der Waals surface area contributed by atoms with E-state index in [9.17, 15) is 0 Å². The fourth-order valence-electron chi connectivity index (χ4n) is 2.64. The lowest BCUT2D eigenvalue weighted by Crippen LogP contribution is -2.28. The molecule has 0 spiro atoms. The molecule has 0 radical (unpaired) electrons. The van der Waals surface area contributed by atoms with Crippen LogP contribution in [0.2, 0.25) is 0 Å². The molecule has 0 saturated heterocycles. The third-order valence-corrected chi connectivity index (χ3v) is 3.61. The lowest BCUT2D eigenvalue weighted by molar-refractivity contribution is 0.311. The third-order valence-electron chi connectivity index (χ3n) is 3.61. The molecule has 0 saturated carbocycles. The van der Waals surface area contributed by atoms with E-state index in [1.807, 2.05) is 6.07 Å². The summed E-state index contributed by atoms with van der Waals surface area (Å²) in [6.07, 6.45) is 1.000. The molecule has 1 aliphatic heterocycles. The van der Waals surface area contributed by atoms with E-state index in [0.29, 0.717) is 0 Å². The normalized spacial score (nSPS) is 16.1. The predicted molar refractivity (Wildman–Crippen MR) is 70.9 cm³/mol. The summed E-state index contributed by atoms with van der Waals surface area (Å²) in [5.74, 6) is 0. The Morgan fingerprint density at radius 1 is 1.35 bits per heavy atom. The molecule has 0 amide bonds. The molecule has 0 fully saturated rings. The zero-order valence-electron chi connectivity index (χ0n) is 10.3. The molecule has 0 bridgehead atoms. The van der Waals surface area contributed by atoms with Gasteiger partial charge in [-0.05, 0) is 25.6 Å². The van der Waals surface area contributed by atoms with Crippen LogP contribution in [0.4, 0.5) is 5.69 Å². The van der Waals surface area contributed by atoms with Crippen LogP contribution in [0.1, 0.15) is 16.8 Å². The standard InChI is InChI=1S/C14H17N3/c1-9-4-3-5-12-13(9)14(15)10-8-17(2)7-6-11(10)16-12/h3-5H,6-8H2,1-2H3,(H2,15,16). The number of pyridine rings is 1. The van der Waals surface area contributed by atoms with E-state index < -0.39 is 0 Å². The molecule has 88 valence electrons. The Balaban J connectivity index is 2.33. The van der Waals surface area contributed by atoms with Gasteiger partial charge in [0.1, 0.15) is 0 Å². The predicted octanol–water partition coefficient (Wildman–Crippen LogP) is 2.11. The van der Waals surface area contributed by atoms with Gasteiger partial charge in [-0.2, -0.15) is 0 Å². The number of hydrogen-bond donors (Lipinski definition) is 1. The number of likely N-dealkylation sites (N-methyl/N-ethyl adjacent to an activating group) is 1. The second-order valence-corrected chi connectivity index (χ2v) is 4.91. The smallest absolute Gasteiger partial charge is 0.0728 e. The highest BCUT2D eigenvalue weighted by molar-refractivity contribution is 5.94. The van der Waals surface area contributed by atoms with Crippen molar-refractivity contribution in [3.8, 4) is 0 Å². The molecule has 2 N–H and O–H groups in total. The minimum absolute atomic E-state index is 0.915. The van der Waals surface area contributed by atoms with Gasteiger partial charge < -0.3 is 10.6 Å². The van der Waals surface area contributed by atoms with Gasteiger partial charge in [-0.15, -0.1) is 0 Å². The fourth-order valence-corrected chi connectivity index (χ4v) is 2.64. The van der Waals surface area contributed by atoms with Gasteiger partial charge >= 0.3 is 0 Å². The Kier molecular flexibility index (Phi) is 2.30. The summed E-state index contributed by atoms with van der Waals surface area (Å²) in [4.78, 5) is 7.06. The molecule has 0 aliphatic carbocycles. The summed E-state index contributed by atoms with van der Waals surface area (Å²) in [6, 6.07) is 6.20. The third kappa shape index (κ3) is 1.58. The van der Waals surface area contributed by atoms with Gasteiger partial charge in [0.05, 0.1) is 5.52 Å². The summed E-state index contributed by atoms with van der Waals surface area (Å²) in [6.45, 7) is 4.08. The first-order chi connectivity index (χ1) is 8.16. The topological polar surface area (TPSA) is 42.1 Å². The number of aryl methyl sites for hydroxylation is 1. The SMILES string of the molecule is Cc1cccc2nc3c(c(N)c12)CN(C)CC3. The van der Waals surface area contributed by atoms with Crippen molar-refractivity contribution in [1.29, 1.82) is 0 Å². The molecule has 3 nitrogen and oxygen atoms in total. The van der Waals surface area contributed by atoms with Crippen molar-refractivity contribution in [1.82, 2.24) is 9.88 Å². The summed E-state index contributed by atoms with van der Waals surface area (Å²) < 4.78 is 0. The van der Waals surface area contributed by atoms with E-state index in [-0.39, 0.29) is 0 Å². The first-order valence-corrected chi connectivity index (χ1v) is 6.02. The van der Waals surface area contributed by atoms with E-state index in [1.165, 1.54) is 16.8 Å². The van der Waals surface area contributed by atoms with Gasteiger partial charge in [0.15, 0.2) is 0 Å². The van der Waals surface area contributed by atoms with Crippen LogP contribution in [0.5, 0.6) is 0 Å². The second kappa shape index (κ2) is 3.70. The fraction of sp³-hybridized carbons (Fsp3) is 0.357. The van der Waals surface area contributed by atoms with Gasteiger partial charge in [-0.3, -0.25) is 4.98 Å². The number of benzene rings is 1. The average Bonchev–Trinajstić information content (AvgIpc) is 2.30. The van der Waals surface area contributed by atoms with E-state index in [2.05, 4.69) is 31.0 Å². The lowest BCUT2D eigenvalue weighted by atomic mass is 9.98. The Morgan fingerprint density at radius 3 is 3.00 bits per heavy atom. The molecular weight excluding hydrogens is 210 g/mol. The van der Waals surface area contributed by atoms with Gasteiger partial charge in [0.2, 0.25) is 0 Å². The maximum atomic E-state index is 6.34. The number of fused-ring (bicyclic) bond motifs is 2. The van der Waals surface area contributed by atoms with Crippen molar-refractivity contribution in [3.63, 3.8) is 0 Å². The van der Waals surface area contributed by atoms with E-state index in [1.54, 1.807) is 0 Å². The average molecular weight is 227 g/mol. The van der Waals surface area contributed by atoms with Crippen molar-refractivity contribution < 1.29 is 0 Å². The van der Waals surface area contributed by atoms with Crippen molar-refractivity contribution in [2.24, 2.45) is 0 Å². The molecule has 3 rings (SSSR count). The highest BCUT2D eigenvalue weighted by Crippen LogP contribution is 2.31. The monoisotopic (exact) mass is 227 g/mol. The number of nitrogens with zero attached hydrogens (tertiary/aromatic N) is 2. The van der Waals surface area contributed by atoms with Crippen LogP contribution in [0, 0.1) is 6.92 Å². The Hall–Kier alpha value is -1.61. The summed E-state index contributed by atoms with van der Waals surface area (Å²) in [5, 5.41) is 1.13. The van der Waals surface area contributed by atoms with Crippen LogP contribution in [-0.4, -0.2) is 23.5 Å². The molecule has 2 aromatic rings. The van der Waals surface area contributed by atoms with E-state index in [0.717, 1.165) is 36.1 Å². The maximum Gasteiger partial charge on any atom is 0.0728 e. The minimum Gasteiger partial charge on any atom is -0.398 e. The van der Waals surface area contributed by atoms with Crippen LogP contribution in [0.15, 0.2) is 18.2 Å². The van der Waals surface area contributed by atoms with Crippen molar-refractivity contribution in [2.75, 3.05) is 19.3 Å². The quantitative estimate of drug-likeness (QED) is 0.749. The highest BCUT2D eigenvalue weighted by Gasteiger charge is 2.19. The van der Waals surface area contributed by atoms with Crippen LogP contribution in [0.3, 0.4) is 0 Å². The molecule has 0 atom stereocenters. The molecule has 2 heterocycles. The van der Waals surface area contributed by atoms with Crippen LogP contribution >= 0.6 is 0 Å². The van der Waals surface area contributed by atoms with E-state index in [4.69, 9.17) is 10.7 Å². The van der Waals surface area contributed by atoms with Crippen molar-refractivity contribution in [3.05, 3.63) is 35.0 Å². The number of hydrogen-bond acceptors (Lipinski definition) is 3. The summed E-state index contributed by atoms with van der Waals surface area (Å²) >= 11 is 0. The van der Waals surface area contributed by atoms with Crippen LogP contribution in [0.25, 0.3) is 10.9 Å². The van der Waals surface area contributed by atoms with Crippen LogP contribution in [-0.2, 0) is 13.0 Å². The van der Waals surface area contributed by atoms with Crippen molar-refractivity contribution in [2.45, 2.75) is 19.9 Å². The van der Waals surface area contributed by atoms with Gasteiger partial charge in [0.25, 0.3) is 0 Å². The maximum absolute atomic E-state index is 6.34. The molecule has 1 aliphatic rings. The first kappa shape index (κ1) is 10.5. The summed E-state index contributed by atoms with van der Waals surface area (Å²) in [7, 11) is 2.13.